The van der Waals surface area contributed by atoms with E-state index in [1.807, 2.05) is 42.5 Å². The Bertz CT molecular complexity index is 979. The lowest BCUT2D eigenvalue weighted by Crippen LogP contribution is -2.37. The molecular formula is C26H28N2O4. The molecule has 1 fully saturated rings. The average molecular weight is 433 g/mol. The number of nitrogens with zero attached hydrogens (tertiary/aromatic N) is 2. The number of carbonyl (C=O) groups is 1. The Balaban J connectivity index is 1.39. The number of pyridine rings is 1. The minimum absolute atomic E-state index is 0.0446. The molecule has 1 N–H and O–H groups in total. The van der Waals surface area contributed by atoms with E-state index in [1.165, 1.54) is 7.11 Å². The topological polar surface area (TPSA) is 71.9 Å². The van der Waals surface area contributed by atoms with Gasteiger partial charge in [-0.15, -0.1) is 0 Å². The summed E-state index contributed by atoms with van der Waals surface area (Å²) in [5, 5.41) is 9.36. The Labute approximate surface area is 188 Å². The summed E-state index contributed by atoms with van der Waals surface area (Å²) in [4.78, 5) is 18.0. The van der Waals surface area contributed by atoms with Crippen molar-refractivity contribution in [1.29, 1.82) is 0 Å². The largest absolute Gasteiger partial charge is 0.494 e. The van der Waals surface area contributed by atoms with Crippen molar-refractivity contribution < 1.29 is 19.4 Å². The van der Waals surface area contributed by atoms with Crippen LogP contribution in [0.5, 0.6) is 5.75 Å². The van der Waals surface area contributed by atoms with Gasteiger partial charge in [-0.2, -0.15) is 0 Å². The maximum atomic E-state index is 11.4. The summed E-state index contributed by atoms with van der Waals surface area (Å²) in [6.07, 6.45) is 1.90. The van der Waals surface area contributed by atoms with E-state index in [9.17, 15) is 9.90 Å². The highest BCUT2D eigenvalue weighted by molar-refractivity contribution is 5.88. The molecule has 3 aromatic rings. The summed E-state index contributed by atoms with van der Waals surface area (Å²) < 4.78 is 11.7. The average Bonchev–Trinajstić information content (AvgIpc) is 2.84. The van der Waals surface area contributed by atoms with E-state index < -0.39 is 5.97 Å². The molecule has 0 spiro atoms. The molecule has 0 aliphatic carbocycles. The molecule has 0 amide bonds. The number of piperidine rings is 1. The van der Waals surface area contributed by atoms with Gasteiger partial charge in [0.05, 0.1) is 18.9 Å². The molecule has 2 aromatic carbocycles. The van der Waals surface area contributed by atoms with E-state index >= 15 is 0 Å². The molecule has 0 unspecified atom stereocenters. The molecule has 1 aromatic heterocycles. The van der Waals surface area contributed by atoms with Gasteiger partial charge < -0.3 is 14.6 Å². The molecule has 6 nitrogen and oxygen atoms in total. The fourth-order valence-electron chi connectivity index (χ4n) is 4.12. The van der Waals surface area contributed by atoms with Crippen LogP contribution in [0.4, 0.5) is 0 Å². The first-order chi connectivity index (χ1) is 15.6. The summed E-state index contributed by atoms with van der Waals surface area (Å²) in [6.45, 7) is 2.35. The molecule has 0 saturated carbocycles. The Morgan fingerprint density at radius 3 is 2.12 bits per heavy atom. The molecule has 1 saturated heterocycles. The van der Waals surface area contributed by atoms with Crippen molar-refractivity contribution in [3.8, 4) is 5.75 Å². The molecule has 6 heteroatoms. The lowest BCUT2D eigenvalue weighted by Gasteiger charge is -2.34. The first-order valence-corrected chi connectivity index (χ1v) is 10.9. The van der Waals surface area contributed by atoms with Gasteiger partial charge in [0.25, 0.3) is 0 Å². The minimum atomic E-state index is -1.08. The SMILES string of the molecule is COc1ccc(CN2CCC(OC(c3ccccc3)c3ccccc3)CC2)nc1C(=O)O. The zero-order chi connectivity index (χ0) is 22.3. The van der Waals surface area contributed by atoms with Crippen molar-refractivity contribution in [3.05, 3.63) is 95.3 Å². The number of aromatic carboxylic acids is 1. The highest BCUT2D eigenvalue weighted by Gasteiger charge is 2.25. The number of carboxylic acid groups (broad SMARTS) is 1. The summed E-state index contributed by atoms with van der Waals surface area (Å²) in [5.41, 5.74) is 3.00. The molecule has 166 valence electrons. The van der Waals surface area contributed by atoms with Crippen molar-refractivity contribution in [1.82, 2.24) is 9.88 Å². The molecule has 0 atom stereocenters. The van der Waals surface area contributed by atoms with E-state index in [4.69, 9.17) is 9.47 Å². The Morgan fingerprint density at radius 1 is 1.00 bits per heavy atom. The summed E-state index contributed by atoms with van der Waals surface area (Å²) in [6, 6.07) is 24.2. The van der Waals surface area contributed by atoms with Crippen molar-refractivity contribution in [2.24, 2.45) is 0 Å². The van der Waals surface area contributed by atoms with Gasteiger partial charge in [-0.05, 0) is 36.1 Å². The zero-order valence-electron chi connectivity index (χ0n) is 18.2. The van der Waals surface area contributed by atoms with Crippen LogP contribution in [-0.4, -0.2) is 47.3 Å². The van der Waals surface area contributed by atoms with Gasteiger partial charge in [-0.1, -0.05) is 60.7 Å². The fourth-order valence-corrected chi connectivity index (χ4v) is 4.12. The Kier molecular flexibility index (Phi) is 7.14. The number of rotatable bonds is 8. The number of carboxylic acids is 1. The predicted octanol–water partition coefficient (Wildman–Crippen LogP) is 4.56. The maximum absolute atomic E-state index is 11.4. The standard InChI is InChI=1S/C26H28N2O4/c1-31-23-13-12-21(27-24(23)26(29)30)18-28-16-14-22(15-17-28)32-25(19-8-4-2-5-9-19)20-10-6-3-7-11-20/h2-13,22,25H,14-18H2,1H3,(H,29,30). The van der Waals surface area contributed by atoms with Gasteiger partial charge in [0.2, 0.25) is 0 Å². The Hall–Kier alpha value is -3.22. The predicted molar refractivity (Wildman–Crippen MR) is 122 cm³/mol. The van der Waals surface area contributed by atoms with Crippen LogP contribution in [0.25, 0.3) is 0 Å². The van der Waals surface area contributed by atoms with E-state index in [1.54, 1.807) is 6.07 Å². The smallest absolute Gasteiger partial charge is 0.358 e. The molecule has 0 radical (unpaired) electrons. The zero-order valence-corrected chi connectivity index (χ0v) is 18.2. The summed E-state index contributed by atoms with van der Waals surface area (Å²) >= 11 is 0. The van der Waals surface area contributed by atoms with Crippen LogP contribution in [0.3, 0.4) is 0 Å². The van der Waals surface area contributed by atoms with Crippen LogP contribution < -0.4 is 4.74 Å². The van der Waals surface area contributed by atoms with Crippen LogP contribution >= 0.6 is 0 Å². The number of ether oxygens (including phenoxy) is 2. The van der Waals surface area contributed by atoms with Crippen LogP contribution in [0, 0.1) is 0 Å². The van der Waals surface area contributed by atoms with Gasteiger partial charge in [-0.3, -0.25) is 4.90 Å². The lowest BCUT2D eigenvalue weighted by atomic mass is 10.00. The first kappa shape index (κ1) is 22.0. The van der Waals surface area contributed by atoms with Crippen molar-refractivity contribution >= 4 is 5.97 Å². The van der Waals surface area contributed by atoms with Gasteiger partial charge >= 0.3 is 5.97 Å². The second kappa shape index (κ2) is 10.4. The van der Waals surface area contributed by atoms with Gasteiger partial charge in [0, 0.05) is 19.6 Å². The normalized spacial score (nSPS) is 15.1. The van der Waals surface area contributed by atoms with E-state index in [-0.39, 0.29) is 23.7 Å². The fraction of sp³-hybridized carbons (Fsp3) is 0.308. The second-order valence-corrected chi connectivity index (χ2v) is 7.97. The van der Waals surface area contributed by atoms with Gasteiger partial charge in [0.15, 0.2) is 11.4 Å². The number of hydrogen-bond acceptors (Lipinski definition) is 5. The van der Waals surface area contributed by atoms with Gasteiger partial charge in [-0.25, -0.2) is 9.78 Å². The summed E-state index contributed by atoms with van der Waals surface area (Å²) in [7, 11) is 1.45. The summed E-state index contributed by atoms with van der Waals surface area (Å²) in [5.74, 6) is -0.801. The Morgan fingerprint density at radius 2 is 1.59 bits per heavy atom. The number of aromatic nitrogens is 1. The minimum Gasteiger partial charge on any atom is -0.494 e. The quantitative estimate of drug-likeness (QED) is 0.563. The molecule has 4 rings (SSSR count). The maximum Gasteiger partial charge on any atom is 0.358 e. The monoisotopic (exact) mass is 432 g/mol. The van der Waals surface area contributed by atoms with Crippen LogP contribution in [-0.2, 0) is 11.3 Å². The van der Waals surface area contributed by atoms with Gasteiger partial charge in [0.1, 0.15) is 6.10 Å². The van der Waals surface area contributed by atoms with Crippen molar-refractivity contribution in [3.63, 3.8) is 0 Å². The van der Waals surface area contributed by atoms with Crippen LogP contribution in [0.1, 0.15) is 46.3 Å². The number of hydrogen-bond donors (Lipinski definition) is 1. The second-order valence-electron chi connectivity index (χ2n) is 7.97. The molecular weight excluding hydrogens is 404 g/mol. The van der Waals surface area contributed by atoms with Crippen LogP contribution in [0.15, 0.2) is 72.8 Å². The van der Waals surface area contributed by atoms with Crippen LogP contribution in [0.2, 0.25) is 0 Å². The van der Waals surface area contributed by atoms with E-state index in [0.29, 0.717) is 6.54 Å². The number of likely N-dealkylation sites (tertiary alicyclic amines) is 1. The highest BCUT2D eigenvalue weighted by atomic mass is 16.5. The van der Waals surface area contributed by atoms with Crippen molar-refractivity contribution in [2.75, 3.05) is 20.2 Å². The third-order valence-corrected chi connectivity index (χ3v) is 5.79. The molecule has 1 aliphatic rings. The van der Waals surface area contributed by atoms with E-state index in [0.717, 1.165) is 42.8 Å². The number of methoxy groups -OCH3 is 1. The van der Waals surface area contributed by atoms with E-state index in [2.05, 4.69) is 34.1 Å². The lowest BCUT2D eigenvalue weighted by molar-refractivity contribution is -0.0283. The molecule has 0 bridgehead atoms. The molecule has 1 aliphatic heterocycles. The first-order valence-electron chi connectivity index (χ1n) is 10.9. The number of benzene rings is 2. The molecule has 2 heterocycles. The third-order valence-electron chi connectivity index (χ3n) is 5.79. The third kappa shape index (κ3) is 5.33. The molecule has 32 heavy (non-hydrogen) atoms. The van der Waals surface area contributed by atoms with Crippen molar-refractivity contribution in [2.45, 2.75) is 31.6 Å². The highest BCUT2D eigenvalue weighted by Crippen LogP contribution is 2.30.